The summed E-state index contributed by atoms with van der Waals surface area (Å²) in [7, 11) is -2.45. The Kier molecular flexibility index (Phi) is 3.77. The van der Waals surface area contributed by atoms with Gasteiger partial charge in [0, 0.05) is 12.6 Å². The van der Waals surface area contributed by atoms with Crippen LogP contribution in [0.3, 0.4) is 0 Å². The van der Waals surface area contributed by atoms with E-state index in [-0.39, 0.29) is 16.7 Å². The number of amides is 2. The second-order valence-electron chi connectivity index (χ2n) is 7.84. The molecule has 7 heteroatoms. The summed E-state index contributed by atoms with van der Waals surface area (Å²) in [4.78, 5) is 26.9. The van der Waals surface area contributed by atoms with E-state index >= 15 is 0 Å². The van der Waals surface area contributed by atoms with Gasteiger partial charge in [-0.1, -0.05) is 42.0 Å². The van der Waals surface area contributed by atoms with Gasteiger partial charge in [-0.25, -0.2) is 8.42 Å². The quantitative estimate of drug-likeness (QED) is 0.716. The number of imide groups is 1. The van der Waals surface area contributed by atoms with Crippen LogP contribution < -0.4 is 4.31 Å². The lowest BCUT2D eigenvalue weighted by Gasteiger charge is -2.34. The maximum absolute atomic E-state index is 13.7. The Bertz CT molecular complexity index is 1180. The van der Waals surface area contributed by atoms with Gasteiger partial charge >= 0.3 is 0 Å². The highest BCUT2D eigenvalue weighted by molar-refractivity contribution is 7.93. The van der Waals surface area contributed by atoms with Crippen LogP contribution in [-0.4, -0.2) is 38.2 Å². The third kappa shape index (κ3) is 2.37. The molecule has 29 heavy (non-hydrogen) atoms. The van der Waals surface area contributed by atoms with E-state index in [1.54, 1.807) is 36.4 Å². The highest BCUT2D eigenvalue weighted by atomic mass is 32.2. The normalized spacial score (nSPS) is 25.6. The first kappa shape index (κ1) is 18.1. The monoisotopic (exact) mass is 408 g/mol. The average Bonchev–Trinajstić information content (AvgIpc) is 3.17. The molecule has 2 aromatic rings. The molecule has 2 aliphatic heterocycles. The van der Waals surface area contributed by atoms with Gasteiger partial charge in [0.15, 0.2) is 0 Å². The summed E-state index contributed by atoms with van der Waals surface area (Å²) in [6.45, 7) is 1.90. The van der Waals surface area contributed by atoms with Gasteiger partial charge in [0.05, 0.1) is 28.5 Å². The summed E-state index contributed by atoms with van der Waals surface area (Å²) in [6.07, 6.45) is 2.37. The number of nitrogens with zero attached hydrogens (tertiary/aromatic N) is 2. The molecule has 1 aliphatic carbocycles. The maximum atomic E-state index is 13.7. The molecule has 0 unspecified atom stereocenters. The number of rotatable bonds is 2. The minimum Gasteiger partial charge on any atom is -0.285 e. The van der Waals surface area contributed by atoms with E-state index in [2.05, 4.69) is 0 Å². The number of hydrogen-bond donors (Lipinski definition) is 0. The summed E-state index contributed by atoms with van der Waals surface area (Å²) in [5.41, 5.74) is 3.14. The van der Waals surface area contributed by atoms with Crippen LogP contribution in [0.5, 0.6) is 0 Å². The average molecular weight is 408 g/mol. The number of carbonyl (C=O) groups is 2. The standard InChI is InChI=1S/C22H20N2O4S/c1-13-7-9-14(10-8-13)29(27,28)24-18-6-4-3-5-15(18)16-11-12-17-19(20(16)24)22(26)23(2)21(17)25/h3-11,17,19-20H,12H2,1-2H3/t17-,19-,20+/m0/s1. The van der Waals surface area contributed by atoms with Crippen molar-refractivity contribution in [2.24, 2.45) is 11.8 Å². The summed E-state index contributed by atoms with van der Waals surface area (Å²) in [5.74, 6) is -1.78. The van der Waals surface area contributed by atoms with E-state index in [0.717, 1.165) is 21.6 Å². The van der Waals surface area contributed by atoms with E-state index in [9.17, 15) is 18.0 Å². The molecular weight excluding hydrogens is 388 g/mol. The Morgan fingerprint density at radius 3 is 2.38 bits per heavy atom. The first-order valence-corrected chi connectivity index (χ1v) is 11.0. The van der Waals surface area contributed by atoms with E-state index in [1.165, 1.54) is 11.4 Å². The van der Waals surface area contributed by atoms with Crippen molar-refractivity contribution in [2.75, 3.05) is 11.4 Å². The molecule has 3 atom stereocenters. The second-order valence-corrected chi connectivity index (χ2v) is 9.65. The molecule has 0 bridgehead atoms. The van der Waals surface area contributed by atoms with Crippen LogP contribution in [0, 0.1) is 18.8 Å². The summed E-state index contributed by atoms with van der Waals surface area (Å²) in [6, 6.07) is 13.3. The first-order chi connectivity index (χ1) is 13.8. The number of aryl methyl sites for hydroxylation is 1. The highest BCUT2D eigenvalue weighted by Crippen LogP contribution is 2.52. The van der Waals surface area contributed by atoms with Gasteiger partial charge in [-0.3, -0.25) is 18.8 Å². The Morgan fingerprint density at radius 2 is 1.66 bits per heavy atom. The SMILES string of the molecule is Cc1ccc(S(=O)(=O)N2c3ccccc3C3=CC[C@@H]4C(=O)N(C)C(=O)[C@@H]4[C@@H]32)cc1. The Balaban J connectivity index is 1.72. The molecular formula is C22H20N2O4S. The van der Waals surface area contributed by atoms with E-state index in [1.807, 2.05) is 25.1 Å². The first-order valence-electron chi connectivity index (χ1n) is 9.54. The van der Waals surface area contributed by atoms with E-state index in [4.69, 9.17) is 0 Å². The molecule has 2 aromatic carbocycles. The predicted octanol–water partition coefficient (Wildman–Crippen LogP) is 2.59. The summed E-state index contributed by atoms with van der Waals surface area (Å²) in [5, 5.41) is 0. The third-order valence-corrected chi connectivity index (χ3v) is 8.04. The maximum Gasteiger partial charge on any atom is 0.264 e. The van der Waals surface area contributed by atoms with Gasteiger partial charge in [0.2, 0.25) is 11.8 Å². The largest absolute Gasteiger partial charge is 0.285 e. The van der Waals surface area contributed by atoms with E-state index < -0.39 is 27.9 Å². The lowest BCUT2D eigenvalue weighted by molar-refractivity contribution is -0.138. The molecule has 2 heterocycles. The molecule has 2 amide bonds. The minimum atomic E-state index is -3.93. The fraction of sp³-hybridized carbons (Fsp3) is 0.273. The topological polar surface area (TPSA) is 74.8 Å². The molecule has 0 N–H and O–H groups in total. The zero-order chi connectivity index (χ0) is 20.5. The number of benzene rings is 2. The van der Waals surface area contributed by atoms with Gasteiger partial charge in [0.25, 0.3) is 10.0 Å². The number of para-hydroxylation sites is 1. The van der Waals surface area contributed by atoms with Crippen molar-refractivity contribution in [3.8, 4) is 0 Å². The van der Waals surface area contributed by atoms with Gasteiger partial charge in [-0.2, -0.15) is 0 Å². The molecule has 6 nitrogen and oxygen atoms in total. The van der Waals surface area contributed by atoms with Gasteiger partial charge in [-0.15, -0.1) is 0 Å². The van der Waals surface area contributed by atoms with Crippen LogP contribution in [0.1, 0.15) is 17.5 Å². The van der Waals surface area contributed by atoms with Crippen LogP contribution in [-0.2, 0) is 19.6 Å². The van der Waals surface area contributed by atoms with Crippen molar-refractivity contribution in [3.05, 3.63) is 65.7 Å². The molecule has 1 saturated heterocycles. The highest BCUT2D eigenvalue weighted by Gasteiger charge is 2.57. The summed E-state index contributed by atoms with van der Waals surface area (Å²) >= 11 is 0. The van der Waals surface area contributed by atoms with Crippen molar-refractivity contribution < 1.29 is 18.0 Å². The van der Waals surface area contributed by atoms with Crippen molar-refractivity contribution in [1.29, 1.82) is 0 Å². The zero-order valence-electron chi connectivity index (χ0n) is 16.1. The number of sulfonamides is 1. The number of anilines is 1. The Labute approximate surface area is 169 Å². The van der Waals surface area contributed by atoms with Crippen LogP contribution in [0.2, 0.25) is 0 Å². The molecule has 148 valence electrons. The molecule has 1 fully saturated rings. The fourth-order valence-corrected chi connectivity index (χ4v) is 6.45. The van der Waals surface area contributed by atoms with E-state index in [0.29, 0.717) is 12.1 Å². The second kappa shape index (κ2) is 6.03. The molecule has 3 aliphatic rings. The molecule has 5 rings (SSSR count). The number of allylic oxidation sites excluding steroid dienone is 1. The number of likely N-dealkylation sites (tertiary alicyclic amines) is 1. The van der Waals surface area contributed by atoms with Crippen LogP contribution in [0.15, 0.2) is 59.5 Å². The Hall–Kier alpha value is -2.93. The zero-order valence-corrected chi connectivity index (χ0v) is 16.9. The van der Waals surface area contributed by atoms with Gasteiger partial charge in [0.1, 0.15) is 0 Å². The molecule has 0 radical (unpaired) electrons. The third-order valence-electron chi connectivity index (χ3n) is 6.23. The van der Waals surface area contributed by atoms with Gasteiger partial charge < -0.3 is 0 Å². The molecule has 0 aromatic heterocycles. The Morgan fingerprint density at radius 1 is 0.966 bits per heavy atom. The van der Waals surface area contributed by atoms with Crippen molar-refractivity contribution in [2.45, 2.75) is 24.3 Å². The fourth-order valence-electron chi connectivity index (χ4n) is 4.78. The smallest absolute Gasteiger partial charge is 0.264 e. The number of carbonyl (C=O) groups excluding carboxylic acids is 2. The van der Waals surface area contributed by atoms with Crippen molar-refractivity contribution >= 4 is 33.1 Å². The van der Waals surface area contributed by atoms with Crippen LogP contribution >= 0.6 is 0 Å². The van der Waals surface area contributed by atoms with Gasteiger partial charge in [-0.05, 0) is 37.1 Å². The molecule has 0 spiro atoms. The number of fused-ring (bicyclic) bond motifs is 5. The molecule has 0 saturated carbocycles. The lowest BCUT2D eigenvalue weighted by atomic mass is 9.77. The minimum absolute atomic E-state index is 0.173. The van der Waals surface area contributed by atoms with Crippen LogP contribution in [0.25, 0.3) is 5.57 Å². The van der Waals surface area contributed by atoms with Crippen molar-refractivity contribution in [3.63, 3.8) is 0 Å². The van der Waals surface area contributed by atoms with Crippen LogP contribution in [0.4, 0.5) is 5.69 Å². The summed E-state index contributed by atoms with van der Waals surface area (Å²) < 4.78 is 28.8. The lowest BCUT2D eigenvalue weighted by Crippen LogP contribution is -2.47. The number of hydrogen-bond acceptors (Lipinski definition) is 4. The van der Waals surface area contributed by atoms with Crippen molar-refractivity contribution in [1.82, 2.24) is 4.90 Å². The predicted molar refractivity (Wildman–Crippen MR) is 108 cm³/mol.